The fourth-order valence-electron chi connectivity index (χ4n) is 1.20. The van der Waals surface area contributed by atoms with Crippen LogP contribution in [0.2, 0.25) is 0 Å². The van der Waals surface area contributed by atoms with Crippen LogP contribution in [-0.4, -0.2) is 26.5 Å². The Morgan fingerprint density at radius 1 is 1.44 bits per heavy atom. The third-order valence-electron chi connectivity index (χ3n) is 2.00. The number of rotatable bonds is 4. The zero-order chi connectivity index (χ0) is 13.0. The molecule has 0 atom stereocenters. The van der Waals surface area contributed by atoms with Gasteiger partial charge in [0.05, 0.1) is 5.75 Å². The number of carbonyl (C=O) groups excluding carboxylic acids is 1. The number of aromatic nitrogens is 3. The minimum Gasteiger partial charge on any atom is -0.336 e. The van der Waals surface area contributed by atoms with Crippen molar-refractivity contribution in [2.45, 2.75) is 5.16 Å². The van der Waals surface area contributed by atoms with Crippen molar-refractivity contribution in [3.8, 4) is 0 Å². The molecule has 1 aromatic heterocycles. The van der Waals surface area contributed by atoms with Crippen LogP contribution in [0.15, 0.2) is 35.7 Å². The van der Waals surface area contributed by atoms with Gasteiger partial charge in [-0.1, -0.05) is 11.8 Å². The molecular formula is C10H10IN5OS. The summed E-state index contributed by atoms with van der Waals surface area (Å²) < 4.78 is 2.40. The normalized spacial score (nSPS) is 10.3. The van der Waals surface area contributed by atoms with E-state index in [2.05, 4.69) is 38.1 Å². The van der Waals surface area contributed by atoms with Gasteiger partial charge in [-0.15, -0.1) is 10.2 Å². The van der Waals surface area contributed by atoms with Crippen LogP contribution in [0, 0.1) is 3.57 Å². The fraction of sp³-hybridized carbons (Fsp3) is 0.100. The monoisotopic (exact) mass is 375 g/mol. The maximum atomic E-state index is 11.7. The number of amides is 1. The van der Waals surface area contributed by atoms with E-state index in [1.54, 1.807) is 0 Å². The third kappa shape index (κ3) is 3.60. The van der Waals surface area contributed by atoms with Crippen LogP contribution in [0.3, 0.4) is 0 Å². The van der Waals surface area contributed by atoms with Crippen molar-refractivity contribution >= 4 is 45.9 Å². The highest BCUT2D eigenvalue weighted by atomic mass is 127. The minimum absolute atomic E-state index is 0.107. The van der Waals surface area contributed by atoms with Crippen molar-refractivity contribution in [1.29, 1.82) is 0 Å². The number of benzene rings is 1. The number of hydrogen-bond donors (Lipinski definition) is 2. The van der Waals surface area contributed by atoms with Crippen molar-refractivity contribution in [3.63, 3.8) is 0 Å². The Balaban J connectivity index is 1.86. The minimum atomic E-state index is -0.107. The van der Waals surface area contributed by atoms with Crippen molar-refractivity contribution < 1.29 is 4.79 Å². The Labute approximate surface area is 121 Å². The summed E-state index contributed by atoms with van der Waals surface area (Å²) in [5.41, 5.74) is 0.773. The molecule has 0 saturated heterocycles. The molecular weight excluding hydrogens is 365 g/mol. The van der Waals surface area contributed by atoms with Gasteiger partial charge in [0.15, 0.2) is 0 Å². The first-order valence-corrected chi connectivity index (χ1v) is 7.05. The van der Waals surface area contributed by atoms with Crippen LogP contribution in [0.1, 0.15) is 0 Å². The lowest BCUT2D eigenvalue weighted by molar-refractivity contribution is -0.113. The lowest BCUT2D eigenvalue weighted by Crippen LogP contribution is -2.15. The number of halogens is 1. The molecule has 1 amide bonds. The zero-order valence-corrected chi connectivity index (χ0v) is 12.2. The van der Waals surface area contributed by atoms with Crippen molar-refractivity contribution in [2.75, 3.05) is 16.9 Å². The Morgan fingerprint density at radius 2 is 2.17 bits per heavy atom. The molecule has 0 spiro atoms. The summed E-state index contributed by atoms with van der Waals surface area (Å²) >= 11 is 3.44. The van der Waals surface area contributed by atoms with E-state index in [-0.39, 0.29) is 11.7 Å². The first-order chi connectivity index (χ1) is 8.65. The summed E-state index contributed by atoms with van der Waals surface area (Å²) in [6, 6.07) is 7.57. The van der Waals surface area contributed by atoms with Crippen molar-refractivity contribution in [3.05, 3.63) is 34.2 Å². The Hall–Kier alpha value is -1.29. The van der Waals surface area contributed by atoms with E-state index in [9.17, 15) is 4.79 Å². The highest BCUT2D eigenvalue weighted by Crippen LogP contribution is 2.14. The fourth-order valence-corrected chi connectivity index (χ4v) is 2.19. The van der Waals surface area contributed by atoms with Crippen molar-refractivity contribution in [2.24, 2.45) is 0 Å². The SMILES string of the molecule is Nn1cnnc1SCC(=O)Nc1ccc(I)cc1. The van der Waals surface area contributed by atoms with Gasteiger partial charge in [-0.25, -0.2) is 4.68 Å². The van der Waals surface area contributed by atoms with Gasteiger partial charge in [0.1, 0.15) is 6.33 Å². The molecule has 0 aliphatic carbocycles. The van der Waals surface area contributed by atoms with E-state index in [1.165, 1.54) is 22.8 Å². The Bertz CT molecular complexity index is 541. The number of nitrogens with two attached hydrogens (primary N) is 1. The maximum absolute atomic E-state index is 11.7. The van der Waals surface area contributed by atoms with E-state index in [0.717, 1.165) is 9.26 Å². The van der Waals surface area contributed by atoms with Crippen LogP contribution in [0.4, 0.5) is 5.69 Å². The molecule has 2 rings (SSSR count). The van der Waals surface area contributed by atoms with Crippen LogP contribution in [0.5, 0.6) is 0 Å². The molecule has 0 fully saturated rings. The summed E-state index contributed by atoms with van der Waals surface area (Å²) in [5, 5.41) is 10.7. The van der Waals surface area contributed by atoms with E-state index < -0.39 is 0 Å². The summed E-state index contributed by atoms with van der Waals surface area (Å²) in [5.74, 6) is 5.67. The smallest absolute Gasteiger partial charge is 0.234 e. The predicted molar refractivity (Wildman–Crippen MR) is 78.7 cm³/mol. The van der Waals surface area contributed by atoms with Gasteiger partial charge in [0, 0.05) is 9.26 Å². The van der Waals surface area contributed by atoms with Gasteiger partial charge in [0.25, 0.3) is 0 Å². The molecule has 8 heteroatoms. The van der Waals surface area contributed by atoms with E-state index >= 15 is 0 Å². The first-order valence-electron chi connectivity index (χ1n) is 4.98. The van der Waals surface area contributed by atoms with E-state index in [0.29, 0.717) is 5.16 Å². The topological polar surface area (TPSA) is 85.8 Å². The first kappa shape index (κ1) is 13.1. The van der Waals surface area contributed by atoms with Gasteiger partial charge < -0.3 is 11.2 Å². The zero-order valence-electron chi connectivity index (χ0n) is 9.21. The largest absolute Gasteiger partial charge is 0.336 e. The van der Waals surface area contributed by atoms with E-state index in [1.807, 2.05) is 24.3 Å². The highest BCUT2D eigenvalue weighted by molar-refractivity contribution is 14.1. The number of anilines is 1. The summed E-state index contributed by atoms with van der Waals surface area (Å²) in [7, 11) is 0. The average Bonchev–Trinajstić information content (AvgIpc) is 2.75. The summed E-state index contributed by atoms with van der Waals surface area (Å²) in [6.45, 7) is 0. The molecule has 0 saturated carbocycles. The van der Waals surface area contributed by atoms with Gasteiger partial charge in [-0.05, 0) is 46.9 Å². The second-order valence-corrected chi connectivity index (χ2v) is 5.55. The average molecular weight is 375 g/mol. The van der Waals surface area contributed by atoms with Gasteiger partial charge in [-0.2, -0.15) is 0 Å². The number of nitrogens with zero attached hydrogens (tertiary/aromatic N) is 3. The molecule has 2 aromatic rings. The maximum Gasteiger partial charge on any atom is 0.234 e. The standard InChI is InChI=1S/C10H10IN5OS/c11-7-1-3-8(4-2-7)14-9(17)5-18-10-15-13-6-16(10)12/h1-4,6H,5,12H2,(H,14,17). The Kier molecular flexibility index (Phi) is 4.42. The second-order valence-electron chi connectivity index (χ2n) is 3.36. The molecule has 3 N–H and O–H groups in total. The van der Waals surface area contributed by atoms with Crippen LogP contribution < -0.4 is 11.2 Å². The molecule has 1 heterocycles. The van der Waals surface area contributed by atoms with Crippen LogP contribution in [0.25, 0.3) is 0 Å². The third-order valence-corrected chi connectivity index (χ3v) is 3.68. The predicted octanol–water partition coefficient (Wildman–Crippen LogP) is 1.33. The molecule has 0 aliphatic heterocycles. The number of hydrogen-bond acceptors (Lipinski definition) is 5. The number of nitrogen functional groups attached to an aromatic ring is 1. The van der Waals surface area contributed by atoms with Gasteiger partial charge >= 0.3 is 0 Å². The molecule has 18 heavy (non-hydrogen) atoms. The van der Waals surface area contributed by atoms with Crippen LogP contribution >= 0.6 is 34.4 Å². The Morgan fingerprint density at radius 3 is 2.78 bits per heavy atom. The molecule has 94 valence electrons. The number of thioether (sulfide) groups is 1. The summed E-state index contributed by atoms with van der Waals surface area (Å²) in [4.78, 5) is 11.7. The van der Waals surface area contributed by atoms with E-state index in [4.69, 9.17) is 5.84 Å². The molecule has 1 aromatic carbocycles. The van der Waals surface area contributed by atoms with Crippen LogP contribution in [-0.2, 0) is 4.79 Å². The number of carbonyl (C=O) groups is 1. The molecule has 0 bridgehead atoms. The molecule has 0 radical (unpaired) electrons. The summed E-state index contributed by atoms with van der Waals surface area (Å²) in [6.07, 6.45) is 1.39. The van der Waals surface area contributed by atoms with Gasteiger partial charge in [0.2, 0.25) is 11.1 Å². The quantitative estimate of drug-likeness (QED) is 0.479. The van der Waals surface area contributed by atoms with Gasteiger partial charge in [-0.3, -0.25) is 4.79 Å². The van der Waals surface area contributed by atoms with Crippen molar-refractivity contribution in [1.82, 2.24) is 14.9 Å². The number of nitrogens with one attached hydrogen (secondary N) is 1. The molecule has 0 unspecified atom stereocenters. The second kappa shape index (κ2) is 6.05. The molecule has 6 nitrogen and oxygen atoms in total. The lowest BCUT2D eigenvalue weighted by Gasteiger charge is -2.04. The molecule has 0 aliphatic rings. The lowest BCUT2D eigenvalue weighted by atomic mass is 10.3. The highest BCUT2D eigenvalue weighted by Gasteiger charge is 2.07.